The average Bonchev–Trinajstić information content (AvgIpc) is 2.77. The van der Waals surface area contributed by atoms with Gasteiger partial charge in [-0.2, -0.15) is 0 Å². The minimum absolute atomic E-state index is 0.0772. The fourth-order valence-corrected chi connectivity index (χ4v) is 3.11. The summed E-state index contributed by atoms with van der Waals surface area (Å²) in [7, 11) is 0. The first-order valence-electron chi connectivity index (χ1n) is 10.4. The Morgan fingerprint density at radius 3 is 2.36 bits per heavy atom. The molecule has 0 bridgehead atoms. The van der Waals surface area contributed by atoms with Crippen LogP contribution in [0.4, 0.5) is 5.69 Å². The quantitative estimate of drug-likeness (QED) is 0.299. The Bertz CT molecular complexity index is 1010. The van der Waals surface area contributed by atoms with E-state index in [-0.39, 0.29) is 11.0 Å². The highest BCUT2D eigenvalue weighted by molar-refractivity contribution is 9.10. The van der Waals surface area contributed by atoms with Crippen LogP contribution in [0.3, 0.4) is 0 Å². The number of hydrogen-bond donors (Lipinski definition) is 4. The van der Waals surface area contributed by atoms with Gasteiger partial charge in [-0.1, -0.05) is 36.7 Å². The van der Waals surface area contributed by atoms with E-state index in [2.05, 4.69) is 37.4 Å². The summed E-state index contributed by atoms with van der Waals surface area (Å²) < 4.78 is 6.43. The summed E-state index contributed by atoms with van der Waals surface area (Å²) in [6.07, 6.45) is 1.18. The van der Waals surface area contributed by atoms with Crippen molar-refractivity contribution in [1.29, 1.82) is 0 Å². The molecule has 33 heavy (non-hydrogen) atoms. The number of carbonyl (C=O) groups is 3. The molecule has 0 aliphatic rings. The minimum Gasteiger partial charge on any atom is -0.492 e. The van der Waals surface area contributed by atoms with Crippen molar-refractivity contribution in [2.45, 2.75) is 33.6 Å². The number of halogens is 1. The van der Waals surface area contributed by atoms with E-state index < -0.39 is 11.8 Å². The zero-order chi connectivity index (χ0) is 24.4. The summed E-state index contributed by atoms with van der Waals surface area (Å²) in [5, 5.41) is 5.19. The molecule has 0 unspecified atom stereocenters. The van der Waals surface area contributed by atoms with E-state index in [1.165, 1.54) is 0 Å². The van der Waals surface area contributed by atoms with E-state index >= 15 is 0 Å². The maximum absolute atomic E-state index is 12.7. The molecule has 0 spiro atoms. The normalized spacial score (nSPS) is 10.3. The van der Waals surface area contributed by atoms with Gasteiger partial charge in [0.2, 0.25) is 5.91 Å². The Kier molecular flexibility index (Phi) is 10.3. The lowest BCUT2D eigenvalue weighted by molar-refractivity contribution is -0.116. The zero-order valence-corrected chi connectivity index (χ0v) is 21.1. The van der Waals surface area contributed by atoms with E-state index in [0.29, 0.717) is 46.0 Å². The predicted molar refractivity (Wildman–Crippen MR) is 135 cm³/mol. The van der Waals surface area contributed by atoms with Gasteiger partial charge in [-0.15, -0.1) is 0 Å². The van der Waals surface area contributed by atoms with Crippen LogP contribution in [0.15, 0.2) is 46.9 Å². The minimum atomic E-state index is -0.478. The number of carbonyl (C=O) groups excluding carboxylic acids is 3. The van der Waals surface area contributed by atoms with Crippen molar-refractivity contribution in [3.05, 3.63) is 58.1 Å². The molecule has 0 aliphatic heterocycles. The number of nitrogens with one attached hydrogen (secondary N) is 4. The highest BCUT2D eigenvalue weighted by Crippen LogP contribution is 2.23. The fraction of sp³-hybridized carbons (Fsp3) is 0.304. The van der Waals surface area contributed by atoms with E-state index in [0.717, 1.165) is 6.42 Å². The number of anilines is 1. The van der Waals surface area contributed by atoms with Crippen LogP contribution in [-0.2, 0) is 4.79 Å². The van der Waals surface area contributed by atoms with Crippen molar-refractivity contribution in [1.82, 2.24) is 16.2 Å². The predicted octanol–water partition coefficient (Wildman–Crippen LogP) is 4.17. The average molecular weight is 535 g/mol. The Morgan fingerprint density at radius 1 is 1.03 bits per heavy atom. The van der Waals surface area contributed by atoms with Crippen LogP contribution in [-0.4, -0.2) is 29.4 Å². The maximum atomic E-state index is 12.7. The van der Waals surface area contributed by atoms with Gasteiger partial charge in [0.1, 0.15) is 5.75 Å². The number of thiocarbonyl (C=S) groups is 1. The lowest BCUT2D eigenvalue weighted by Crippen LogP contribution is -2.48. The number of amides is 3. The van der Waals surface area contributed by atoms with Gasteiger partial charge in [0, 0.05) is 22.1 Å². The molecule has 0 aromatic heterocycles. The highest BCUT2D eigenvalue weighted by Gasteiger charge is 2.16. The SMILES string of the molecule is CCCC(=O)Nc1ccc(C(=O)NNC(=S)NC(=O)c2cc(Br)ccc2OCC(C)C)cc1. The van der Waals surface area contributed by atoms with Gasteiger partial charge >= 0.3 is 0 Å². The van der Waals surface area contributed by atoms with Crippen LogP contribution in [0, 0.1) is 5.92 Å². The number of hydrazine groups is 1. The molecular formula is C23H27BrN4O4S. The first-order chi connectivity index (χ1) is 15.7. The fourth-order valence-electron chi connectivity index (χ4n) is 2.60. The number of rotatable bonds is 8. The molecule has 8 nitrogen and oxygen atoms in total. The molecule has 0 heterocycles. The van der Waals surface area contributed by atoms with Crippen LogP contribution in [0.1, 0.15) is 54.3 Å². The highest BCUT2D eigenvalue weighted by atomic mass is 79.9. The van der Waals surface area contributed by atoms with Gasteiger partial charge in [-0.25, -0.2) is 0 Å². The zero-order valence-electron chi connectivity index (χ0n) is 18.7. The first-order valence-corrected chi connectivity index (χ1v) is 11.6. The van der Waals surface area contributed by atoms with Crippen LogP contribution in [0.5, 0.6) is 5.75 Å². The second kappa shape index (κ2) is 12.9. The van der Waals surface area contributed by atoms with E-state index in [1.54, 1.807) is 42.5 Å². The van der Waals surface area contributed by atoms with Crippen molar-refractivity contribution in [2.24, 2.45) is 5.92 Å². The summed E-state index contributed by atoms with van der Waals surface area (Å²) >= 11 is 8.46. The Hall–Kier alpha value is -2.98. The van der Waals surface area contributed by atoms with Crippen molar-refractivity contribution in [3.63, 3.8) is 0 Å². The lowest BCUT2D eigenvalue weighted by Gasteiger charge is -2.15. The first kappa shape index (κ1) is 26.3. The molecule has 0 fully saturated rings. The molecule has 10 heteroatoms. The molecule has 0 saturated carbocycles. The Labute approximate surface area is 206 Å². The molecule has 176 valence electrons. The van der Waals surface area contributed by atoms with Crippen molar-refractivity contribution < 1.29 is 19.1 Å². The van der Waals surface area contributed by atoms with E-state index in [9.17, 15) is 14.4 Å². The summed E-state index contributed by atoms with van der Waals surface area (Å²) in [5.41, 5.74) is 6.19. The Morgan fingerprint density at radius 2 is 1.73 bits per heavy atom. The number of hydrogen-bond acceptors (Lipinski definition) is 5. The topological polar surface area (TPSA) is 109 Å². The van der Waals surface area contributed by atoms with Crippen LogP contribution in [0.2, 0.25) is 0 Å². The Balaban J connectivity index is 1.91. The standard InChI is InChI=1S/C23H27BrN4O4S/c1-4-5-20(29)25-17-9-6-15(7-10-17)21(30)27-28-23(33)26-22(31)18-12-16(24)8-11-19(18)32-13-14(2)3/h6-12,14H,4-5,13H2,1-3H3,(H,25,29)(H,27,30)(H2,26,28,31,33). The molecule has 2 aromatic rings. The molecular weight excluding hydrogens is 508 g/mol. The van der Waals surface area contributed by atoms with E-state index in [1.807, 2.05) is 20.8 Å². The molecule has 2 aromatic carbocycles. The summed E-state index contributed by atoms with van der Waals surface area (Å²) in [6, 6.07) is 11.5. The lowest BCUT2D eigenvalue weighted by atomic mass is 10.2. The van der Waals surface area contributed by atoms with Crippen LogP contribution < -0.4 is 26.2 Å². The van der Waals surface area contributed by atoms with Crippen LogP contribution >= 0.6 is 28.1 Å². The van der Waals surface area contributed by atoms with Gasteiger partial charge in [0.05, 0.1) is 12.2 Å². The third-order valence-electron chi connectivity index (χ3n) is 4.18. The second-order valence-corrected chi connectivity index (χ2v) is 8.91. The van der Waals surface area contributed by atoms with Gasteiger partial charge in [-0.05, 0) is 67.0 Å². The third-order valence-corrected chi connectivity index (χ3v) is 4.88. The smallest absolute Gasteiger partial charge is 0.269 e. The molecule has 0 radical (unpaired) electrons. The molecule has 2 rings (SSSR count). The van der Waals surface area contributed by atoms with Crippen molar-refractivity contribution in [2.75, 3.05) is 11.9 Å². The van der Waals surface area contributed by atoms with Gasteiger partial charge in [0.25, 0.3) is 11.8 Å². The molecule has 0 atom stereocenters. The maximum Gasteiger partial charge on any atom is 0.269 e. The van der Waals surface area contributed by atoms with Gasteiger partial charge < -0.3 is 10.1 Å². The van der Waals surface area contributed by atoms with E-state index in [4.69, 9.17) is 17.0 Å². The molecule has 4 N–H and O–H groups in total. The molecule has 0 aliphatic carbocycles. The molecule has 3 amide bonds. The van der Waals surface area contributed by atoms with Crippen LogP contribution in [0.25, 0.3) is 0 Å². The van der Waals surface area contributed by atoms with Gasteiger partial charge in [0.15, 0.2) is 5.11 Å². The van der Waals surface area contributed by atoms with Crippen molar-refractivity contribution in [3.8, 4) is 5.75 Å². The summed E-state index contributed by atoms with van der Waals surface area (Å²) in [4.78, 5) is 36.6. The number of benzene rings is 2. The monoisotopic (exact) mass is 534 g/mol. The summed E-state index contributed by atoms with van der Waals surface area (Å²) in [6.45, 7) is 6.40. The molecule has 0 saturated heterocycles. The number of ether oxygens (including phenoxy) is 1. The third kappa shape index (κ3) is 8.82. The van der Waals surface area contributed by atoms with Crippen molar-refractivity contribution >= 4 is 56.7 Å². The largest absolute Gasteiger partial charge is 0.492 e. The summed E-state index contributed by atoms with van der Waals surface area (Å²) in [5.74, 6) is -0.289. The van der Waals surface area contributed by atoms with Gasteiger partial charge in [-0.3, -0.25) is 30.6 Å². The second-order valence-electron chi connectivity index (χ2n) is 7.58.